The van der Waals surface area contributed by atoms with Gasteiger partial charge in [0.2, 0.25) is 0 Å². The van der Waals surface area contributed by atoms with Gasteiger partial charge in [-0.05, 0) is 55.7 Å². The van der Waals surface area contributed by atoms with Crippen molar-refractivity contribution < 1.29 is 14.9 Å². The molecule has 0 radical (unpaired) electrons. The summed E-state index contributed by atoms with van der Waals surface area (Å²) in [5.74, 6) is 1.43. The van der Waals surface area contributed by atoms with Crippen LogP contribution in [-0.4, -0.2) is 29.0 Å². The topological polar surface area (TPSA) is 75.7 Å². The predicted molar refractivity (Wildman–Crippen MR) is 94.9 cm³/mol. The lowest BCUT2D eigenvalue weighted by Gasteiger charge is -2.25. The van der Waals surface area contributed by atoms with Crippen LogP contribution in [0.25, 0.3) is 0 Å². The minimum Gasteiger partial charge on any atom is -0.504 e. The summed E-state index contributed by atoms with van der Waals surface area (Å²) in [6.45, 7) is 7.02. The van der Waals surface area contributed by atoms with Crippen LogP contribution in [0, 0.1) is 5.92 Å². The second-order valence-corrected chi connectivity index (χ2v) is 6.91. The van der Waals surface area contributed by atoms with Crippen molar-refractivity contribution in [3.63, 3.8) is 0 Å². The van der Waals surface area contributed by atoms with E-state index in [1.807, 2.05) is 19.1 Å². The molecular formula is C19H33NO3. The largest absolute Gasteiger partial charge is 0.504 e. The van der Waals surface area contributed by atoms with Crippen LogP contribution in [-0.2, 0) is 6.42 Å². The van der Waals surface area contributed by atoms with Crippen LogP contribution in [0.4, 0.5) is 0 Å². The quantitative estimate of drug-likeness (QED) is 0.544. The molecule has 0 spiro atoms. The van der Waals surface area contributed by atoms with Gasteiger partial charge in [-0.2, -0.15) is 0 Å². The van der Waals surface area contributed by atoms with E-state index in [0.717, 1.165) is 37.2 Å². The van der Waals surface area contributed by atoms with E-state index in [-0.39, 0.29) is 12.4 Å². The molecule has 0 bridgehead atoms. The number of aromatic hydroxyl groups is 1. The predicted octanol–water partition coefficient (Wildman–Crippen LogP) is 3.63. The normalized spacial score (nSPS) is 14.0. The molecule has 0 amide bonds. The Morgan fingerprint density at radius 3 is 2.57 bits per heavy atom. The van der Waals surface area contributed by atoms with Gasteiger partial charge in [0.15, 0.2) is 11.5 Å². The number of aryl methyl sites for hydroxylation is 1. The van der Waals surface area contributed by atoms with Gasteiger partial charge in [0, 0.05) is 5.54 Å². The lowest BCUT2D eigenvalue weighted by atomic mass is 9.90. The van der Waals surface area contributed by atoms with E-state index in [2.05, 4.69) is 13.8 Å². The van der Waals surface area contributed by atoms with Crippen LogP contribution >= 0.6 is 0 Å². The monoisotopic (exact) mass is 323 g/mol. The van der Waals surface area contributed by atoms with Crippen molar-refractivity contribution in [1.29, 1.82) is 0 Å². The Kier molecular flexibility index (Phi) is 8.42. The smallest absolute Gasteiger partial charge is 0.160 e. The van der Waals surface area contributed by atoms with Crippen molar-refractivity contribution in [2.24, 2.45) is 11.7 Å². The number of aliphatic hydroxyl groups is 1. The average Bonchev–Trinajstić information content (AvgIpc) is 2.53. The number of phenols is 1. The highest BCUT2D eigenvalue weighted by molar-refractivity contribution is 5.41. The molecule has 0 aliphatic heterocycles. The van der Waals surface area contributed by atoms with Crippen LogP contribution in [0.15, 0.2) is 18.2 Å². The maximum absolute atomic E-state index is 10.1. The second-order valence-electron chi connectivity index (χ2n) is 6.91. The summed E-state index contributed by atoms with van der Waals surface area (Å²) in [5, 5.41) is 19.4. The van der Waals surface area contributed by atoms with E-state index in [9.17, 15) is 10.2 Å². The van der Waals surface area contributed by atoms with Gasteiger partial charge in [0.1, 0.15) is 0 Å². The van der Waals surface area contributed by atoms with Crippen LogP contribution in [0.5, 0.6) is 11.5 Å². The van der Waals surface area contributed by atoms with Gasteiger partial charge in [-0.1, -0.05) is 33.3 Å². The Morgan fingerprint density at radius 1 is 1.26 bits per heavy atom. The van der Waals surface area contributed by atoms with Gasteiger partial charge in [-0.15, -0.1) is 0 Å². The molecule has 0 fully saturated rings. The summed E-state index contributed by atoms with van der Waals surface area (Å²) in [7, 11) is 0. The number of hydrogen-bond acceptors (Lipinski definition) is 4. The molecule has 4 heteroatoms. The first-order valence-electron chi connectivity index (χ1n) is 8.74. The maximum atomic E-state index is 10.1. The van der Waals surface area contributed by atoms with Crippen LogP contribution in [0.2, 0.25) is 0 Å². The Morgan fingerprint density at radius 2 is 2.00 bits per heavy atom. The summed E-state index contributed by atoms with van der Waals surface area (Å²) < 4.78 is 5.65. The highest BCUT2D eigenvalue weighted by Gasteiger charge is 2.21. The Bertz CT molecular complexity index is 456. The number of hydrogen-bond donors (Lipinski definition) is 3. The molecule has 132 valence electrons. The zero-order chi connectivity index (χ0) is 17.3. The minimum atomic E-state index is -0.540. The summed E-state index contributed by atoms with van der Waals surface area (Å²) in [6, 6.07) is 5.50. The van der Waals surface area contributed by atoms with Gasteiger partial charge in [0.05, 0.1) is 13.2 Å². The molecule has 4 nitrogen and oxygen atoms in total. The van der Waals surface area contributed by atoms with Crippen LogP contribution < -0.4 is 10.5 Å². The number of benzene rings is 1. The van der Waals surface area contributed by atoms with E-state index < -0.39 is 5.54 Å². The number of unbranched alkanes of at least 4 members (excludes halogenated alkanes) is 1. The molecule has 0 unspecified atom stereocenters. The van der Waals surface area contributed by atoms with Crippen molar-refractivity contribution in [1.82, 2.24) is 0 Å². The molecule has 0 saturated carbocycles. The molecule has 1 aromatic rings. The highest BCUT2D eigenvalue weighted by Crippen LogP contribution is 2.28. The summed E-state index contributed by atoms with van der Waals surface area (Å²) >= 11 is 0. The number of ether oxygens (including phenoxy) is 1. The molecule has 0 aromatic heterocycles. The zero-order valence-electron chi connectivity index (χ0n) is 14.8. The third-order valence-corrected chi connectivity index (χ3v) is 4.39. The zero-order valence-corrected chi connectivity index (χ0v) is 14.8. The lowest BCUT2D eigenvalue weighted by molar-refractivity contribution is 0.183. The highest BCUT2D eigenvalue weighted by atomic mass is 16.5. The fourth-order valence-electron chi connectivity index (χ4n) is 2.44. The van der Waals surface area contributed by atoms with Gasteiger partial charge < -0.3 is 20.7 Å². The van der Waals surface area contributed by atoms with E-state index in [0.29, 0.717) is 18.8 Å². The third kappa shape index (κ3) is 7.23. The van der Waals surface area contributed by atoms with Crippen molar-refractivity contribution >= 4 is 0 Å². The minimum absolute atomic E-state index is 0.0208. The molecule has 0 aliphatic carbocycles. The Hall–Kier alpha value is -1.26. The summed E-state index contributed by atoms with van der Waals surface area (Å²) in [4.78, 5) is 0. The van der Waals surface area contributed by atoms with Crippen LogP contribution in [0.1, 0.15) is 58.4 Å². The van der Waals surface area contributed by atoms with Gasteiger partial charge in [0.25, 0.3) is 0 Å². The molecular weight excluding hydrogens is 290 g/mol. The molecule has 0 heterocycles. The van der Waals surface area contributed by atoms with E-state index in [1.54, 1.807) is 6.07 Å². The molecule has 1 rings (SSSR count). The molecule has 4 N–H and O–H groups in total. The first-order chi connectivity index (χ1) is 10.9. The Labute approximate surface area is 140 Å². The standard InChI is InChI=1S/C19H33NO3/c1-4-19(20,14-21)11-10-16-8-9-18(17(22)13-16)23-12-6-5-7-15(2)3/h8-9,13,15,21-22H,4-7,10-12,14,20H2,1-3H3/t19-/m0/s1. The summed E-state index contributed by atoms with van der Waals surface area (Å²) in [5.41, 5.74) is 6.56. The summed E-state index contributed by atoms with van der Waals surface area (Å²) in [6.07, 6.45) is 5.50. The van der Waals surface area contributed by atoms with E-state index in [4.69, 9.17) is 10.5 Å². The third-order valence-electron chi connectivity index (χ3n) is 4.39. The molecule has 1 atom stereocenters. The van der Waals surface area contributed by atoms with Gasteiger partial charge in [-0.25, -0.2) is 0 Å². The van der Waals surface area contributed by atoms with Crippen molar-refractivity contribution in [3.05, 3.63) is 23.8 Å². The number of rotatable bonds is 11. The van der Waals surface area contributed by atoms with Gasteiger partial charge in [-0.3, -0.25) is 0 Å². The number of phenolic OH excluding ortho intramolecular Hbond substituents is 1. The molecule has 23 heavy (non-hydrogen) atoms. The fourth-order valence-corrected chi connectivity index (χ4v) is 2.44. The fraction of sp³-hybridized carbons (Fsp3) is 0.684. The van der Waals surface area contributed by atoms with E-state index >= 15 is 0 Å². The average molecular weight is 323 g/mol. The van der Waals surface area contributed by atoms with Crippen molar-refractivity contribution in [2.45, 2.75) is 64.8 Å². The molecule has 0 aliphatic rings. The van der Waals surface area contributed by atoms with Crippen molar-refractivity contribution in [3.8, 4) is 11.5 Å². The second kappa shape index (κ2) is 9.78. The number of nitrogens with two attached hydrogens (primary N) is 1. The first kappa shape index (κ1) is 19.8. The van der Waals surface area contributed by atoms with Crippen molar-refractivity contribution in [2.75, 3.05) is 13.2 Å². The maximum Gasteiger partial charge on any atom is 0.160 e. The van der Waals surface area contributed by atoms with Crippen LogP contribution in [0.3, 0.4) is 0 Å². The van der Waals surface area contributed by atoms with E-state index in [1.165, 1.54) is 6.42 Å². The molecule has 0 saturated heterocycles. The first-order valence-corrected chi connectivity index (χ1v) is 8.74. The van der Waals surface area contributed by atoms with Gasteiger partial charge >= 0.3 is 0 Å². The Balaban J connectivity index is 2.45. The lowest BCUT2D eigenvalue weighted by Crippen LogP contribution is -2.43. The molecule has 1 aromatic carbocycles. The SMILES string of the molecule is CC[C@@](N)(CO)CCc1ccc(OCCCCC(C)C)c(O)c1. The number of aliphatic hydroxyl groups excluding tert-OH is 1.